The van der Waals surface area contributed by atoms with E-state index in [1.54, 1.807) is 19.2 Å². The van der Waals surface area contributed by atoms with Crippen LogP contribution in [0, 0.1) is 5.41 Å². The highest BCUT2D eigenvalue weighted by Crippen LogP contribution is 2.46. The topological polar surface area (TPSA) is 73.8 Å². The molecule has 0 aromatic heterocycles. The molecule has 26 heavy (non-hydrogen) atoms. The Morgan fingerprint density at radius 1 is 1.19 bits per heavy atom. The summed E-state index contributed by atoms with van der Waals surface area (Å²) in [6.45, 7) is 10.6. The Morgan fingerprint density at radius 2 is 1.81 bits per heavy atom. The van der Waals surface area contributed by atoms with Gasteiger partial charge in [0.15, 0.2) is 5.96 Å². The lowest BCUT2D eigenvalue weighted by Crippen LogP contribution is -2.72. The molecule has 1 saturated carbocycles. The van der Waals surface area contributed by atoms with Crippen LogP contribution in [0.2, 0.25) is 0 Å². The summed E-state index contributed by atoms with van der Waals surface area (Å²) in [5.74, 6) is 0.876. The van der Waals surface area contributed by atoms with E-state index in [0.29, 0.717) is 11.4 Å². The van der Waals surface area contributed by atoms with Gasteiger partial charge in [-0.2, -0.15) is 0 Å². The Bertz CT molecular complexity index is 793. The standard InChI is InChI=1S/C19H30N4O2S/c1-18(2)13-23(19(18,3)4)17(20-5)21-12-14-6-10-16(11-7-14)26(24,25)22-15-8-9-15/h6-7,10-11,15,22H,8-9,12-13H2,1-5H3,(H,20,21). The predicted octanol–water partition coefficient (Wildman–Crippen LogP) is 2.32. The maximum atomic E-state index is 12.2. The first kappa shape index (κ1) is 19.2. The third-order valence-electron chi connectivity index (χ3n) is 5.94. The molecule has 1 aromatic rings. The number of rotatable bonds is 5. The highest BCUT2D eigenvalue weighted by Gasteiger charge is 2.53. The van der Waals surface area contributed by atoms with Gasteiger partial charge >= 0.3 is 0 Å². The van der Waals surface area contributed by atoms with Gasteiger partial charge in [0.2, 0.25) is 10.0 Å². The molecule has 2 fully saturated rings. The van der Waals surface area contributed by atoms with Crippen LogP contribution in [0.25, 0.3) is 0 Å². The van der Waals surface area contributed by atoms with Gasteiger partial charge in [0.1, 0.15) is 0 Å². The summed E-state index contributed by atoms with van der Waals surface area (Å²) >= 11 is 0. The Hall–Kier alpha value is -1.60. The van der Waals surface area contributed by atoms with Gasteiger partial charge in [0.05, 0.1) is 4.90 Å². The molecule has 144 valence electrons. The summed E-state index contributed by atoms with van der Waals surface area (Å²) in [4.78, 5) is 7.01. The average Bonchev–Trinajstić information content (AvgIpc) is 3.38. The molecule has 1 aromatic carbocycles. The molecule has 1 aliphatic heterocycles. The molecule has 0 atom stereocenters. The van der Waals surface area contributed by atoms with Crippen molar-refractivity contribution in [2.45, 2.75) is 63.6 Å². The second-order valence-electron chi connectivity index (χ2n) is 8.47. The number of hydrogen-bond donors (Lipinski definition) is 2. The zero-order chi connectivity index (χ0) is 19.2. The maximum Gasteiger partial charge on any atom is 0.240 e. The van der Waals surface area contributed by atoms with Gasteiger partial charge in [-0.05, 0) is 44.4 Å². The van der Waals surface area contributed by atoms with Crippen LogP contribution >= 0.6 is 0 Å². The molecule has 6 nitrogen and oxygen atoms in total. The molecule has 0 radical (unpaired) electrons. The van der Waals surface area contributed by atoms with E-state index in [1.807, 2.05) is 12.1 Å². The zero-order valence-corrected chi connectivity index (χ0v) is 17.2. The number of nitrogens with zero attached hydrogens (tertiary/aromatic N) is 2. The summed E-state index contributed by atoms with van der Waals surface area (Å²) in [5, 5.41) is 3.39. The Kier molecular flexibility index (Phi) is 4.82. The van der Waals surface area contributed by atoms with Crippen molar-refractivity contribution in [3.05, 3.63) is 29.8 Å². The molecule has 0 unspecified atom stereocenters. The molecule has 1 saturated heterocycles. The van der Waals surface area contributed by atoms with Crippen molar-refractivity contribution in [2.75, 3.05) is 13.6 Å². The molecule has 1 heterocycles. The van der Waals surface area contributed by atoms with E-state index >= 15 is 0 Å². The van der Waals surface area contributed by atoms with Crippen LogP contribution in [-0.4, -0.2) is 44.5 Å². The van der Waals surface area contributed by atoms with Crippen molar-refractivity contribution < 1.29 is 8.42 Å². The van der Waals surface area contributed by atoms with Crippen molar-refractivity contribution in [3.63, 3.8) is 0 Å². The molecule has 1 aliphatic carbocycles. The van der Waals surface area contributed by atoms with Gasteiger partial charge in [-0.1, -0.05) is 26.0 Å². The first-order valence-corrected chi connectivity index (χ1v) is 10.6. The average molecular weight is 379 g/mol. The third kappa shape index (κ3) is 3.60. The molecule has 2 N–H and O–H groups in total. The van der Waals surface area contributed by atoms with E-state index in [4.69, 9.17) is 0 Å². The number of sulfonamides is 1. The summed E-state index contributed by atoms with van der Waals surface area (Å²) in [6.07, 6.45) is 1.87. The minimum absolute atomic E-state index is 0.0429. The lowest BCUT2D eigenvalue weighted by molar-refractivity contribution is -0.0667. The van der Waals surface area contributed by atoms with Gasteiger partial charge in [-0.25, -0.2) is 13.1 Å². The molecular formula is C19H30N4O2S. The van der Waals surface area contributed by atoms with Gasteiger partial charge in [-0.3, -0.25) is 4.99 Å². The number of benzene rings is 1. The lowest BCUT2D eigenvalue weighted by atomic mass is 9.65. The fourth-order valence-electron chi connectivity index (χ4n) is 3.15. The monoisotopic (exact) mass is 378 g/mol. The van der Waals surface area contributed by atoms with Crippen LogP contribution in [0.5, 0.6) is 0 Å². The molecule has 0 spiro atoms. The van der Waals surface area contributed by atoms with Crippen molar-refractivity contribution in [1.82, 2.24) is 14.9 Å². The van der Waals surface area contributed by atoms with E-state index in [-0.39, 0.29) is 17.0 Å². The molecule has 7 heteroatoms. The highest BCUT2D eigenvalue weighted by atomic mass is 32.2. The summed E-state index contributed by atoms with van der Waals surface area (Å²) < 4.78 is 27.1. The van der Waals surface area contributed by atoms with Gasteiger partial charge in [-0.15, -0.1) is 0 Å². The number of aliphatic imine (C=N–C) groups is 1. The first-order chi connectivity index (χ1) is 12.1. The number of likely N-dealkylation sites (tertiary alicyclic amines) is 1. The summed E-state index contributed by atoms with van der Waals surface area (Å²) in [6, 6.07) is 7.16. The van der Waals surface area contributed by atoms with Crippen molar-refractivity contribution >= 4 is 16.0 Å². The van der Waals surface area contributed by atoms with Crippen LogP contribution in [0.4, 0.5) is 0 Å². The fourth-order valence-corrected chi connectivity index (χ4v) is 4.46. The molecule has 2 aliphatic rings. The second-order valence-corrected chi connectivity index (χ2v) is 10.2. The highest BCUT2D eigenvalue weighted by molar-refractivity contribution is 7.89. The van der Waals surface area contributed by atoms with Crippen LogP contribution in [0.15, 0.2) is 34.2 Å². The van der Waals surface area contributed by atoms with E-state index in [2.05, 4.69) is 47.6 Å². The van der Waals surface area contributed by atoms with Crippen molar-refractivity contribution in [3.8, 4) is 0 Å². The quantitative estimate of drug-likeness (QED) is 0.609. The SMILES string of the molecule is CN=C(NCc1ccc(S(=O)(=O)NC2CC2)cc1)N1CC(C)(C)C1(C)C. The number of nitrogens with one attached hydrogen (secondary N) is 2. The third-order valence-corrected chi connectivity index (χ3v) is 7.47. The van der Waals surface area contributed by atoms with Gasteiger partial charge < -0.3 is 10.2 Å². The minimum atomic E-state index is -3.39. The van der Waals surface area contributed by atoms with E-state index in [0.717, 1.165) is 30.9 Å². The second kappa shape index (κ2) is 6.53. The van der Waals surface area contributed by atoms with Gasteiger partial charge in [0, 0.05) is 37.1 Å². The van der Waals surface area contributed by atoms with Crippen LogP contribution in [0.3, 0.4) is 0 Å². The van der Waals surface area contributed by atoms with E-state index < -0.39 is 10.0 Å². The summed E-state index contributed by atoms with van der Waals surface area (Å²) in [7, 11) is -1.59. The molecule has 0 amide bonds. The van der Waals surface area contributed by atoms with Crippen molar-refractivity contribution in [2.24, 2.45) is 10.4 Å². The minimum Gasteiger partial charge on any atom is -0.352 e. The molecular weight excluding hydrogens is 348 g/mol. The number of hydrogen-bond acceptors (Lipinski definition) is 3. The van der Waals surface area contributed by atoms with Crippen LogP contribution < -0.4 is 10.0 Å². The summed E-state index contributed by atoms with van der Waals surface area (Å²) in [5.41, 5.74) is 1.31. The lowest BCUT2D eigenvalue weighted by Gasteiger charge is -2.62. The smallest absolute Gasteiger partial charge is 0.240 e. The molecule has 3 rings (SSSR count). The largest absolute Gasteiger partial charge is 0.352 e. The Morgan fingerprint density at radius 3 is 2.27 bits per heavy atom. The zero-order valence-electron chi connectivity index (χ0n) is 16.3. The predicted molar refractivity (Wildman–Crippen MR) is 105 cm³/mol. The molecule has 0 bridgehead atoms. The van der Waals surface area contributed by atoms with E-state index in [1.165, 1.54) is 0 Å². The first-order valence-electron chi connectivity index (χ1n) is 9.16. The van der Waals surface area contributed by atoms with Crippen LogP contribution in [-0.2, 0) is 16.6 Å². The van der Waals surface area contributed by atoms with E-state index in [9.17, 15) is 8.42 Å². The Balaban J connectivity index is 1.61. The maximum absolute atomic E-state index is 12.2. The fraction of sp³-hybridized carbons (Fsp3) is 0.632. The van der Waals surface area contributed by atoms with Gasteiger partial charge in [0.25, 0.3) is 0 Å². The van der Waals surface area contributed by atoms with Crippen molar-refractivity contribution in [1.29, 1.82) is 0 Å². The normalized spacial score (nSPS) is 22.0. The Labute approximate surface area is 157 Å². The number of guanidine groups is 1. The van der Waals surface area contributed by atoms with Crippen LogP contribution in [0.1, 0.15) is 46.1 Å².